The van der Waals surface area contributed by atoms with Crippen LogP contribution in [-0.2, 0) is 13.1 Å². The Kier molecular flexibility index (Phi) is 3.65. The molecule has 0 unspecified atom stereocenters. The molecule has 4 aromatic rings. The normalized spacial score (nSPS) is 13.9. The summed E-state index contributed by atoms with van der Waals surface area (Å²) in [6.45, 7) is 9.07. The van der Waals surface area contributed by atoms with Crippen LogP contribution in [0.25, 0.3) is 33.3 Å². The van der Waals surface area contributed by atoms with Gasteiger partial charge in [-0.05, 0) is 50.1 Å². The van der Waals surface area contributed by atoms with Crippen LogP contribution in [-0.4, -0.2) is 26.3 Å². The Morgan fingerprint density at radius 1 is 1.00 bits per heavy atom. The summed E-state index contributed by atoms with van der Waals surface area (Å²) in [6, 6.07) is 11.0. The number of aromatic nitrogens is 4. The first-order valence-corrected chi connectivity index (χ1v) is 9.44. The van der Waals surface area contributed by atoms with Crippen LogP contribution in [0.2, 0.25) is 0 Å². The van der Waals surface area contributed by atoms with E-state index >= 15 is 0 Å². The summed E-state index contributed by atoms with van der Waals surface area (Å²) in [7, 11) is 0. The minimum Gasteiger partial charge on any atom is -0.354 e. The summed E-state index contributed by atoms with van der Waals surface area (Å²) in [5.74, 6) is 0. The second-order valence-corrected chi connectivity index (χ2v) is 7.43. The maximum atomic E-state index is 4.56. The lowest BCUT2D eigenvalue weighted by atomic mass is 10.0. The van der Waals surface area contributed by atoms with Crippen molar-refractivity contribution < 1.29 is 0 Å². The molecule has 0 atom stereocenters. The molecule has 5 rings (SSSR count). The second kappa shape index (κ2) is 6.06. The molecule has 0 bridgehead atoms. The number of aromatic amines is 1. The Balaban J connectivity index is 1.64. The van der Waals surface area contributed by atoms with E-state index in [0.29, 0.717) is 0 Å². The summed E-state index contributed by atoms with van der Waals surface area (Å²) in [4.78, 5) is 8.15. The van der Waals surface area contributed by atoms with E-state index in [1.165, 1.54) is 39.0 Å². The van der Waals surface area contributed by atoms with Gasteiger partial charge in [-0.2, -0.15) is 5.10 Å². The predicted molar refractivity (Wildman–Crippen MR) is 109 cm³/mol. The summed E-state index contributed by atoms with van der Waals surface area (Å²) < 4.78 is 2.12. The van der Waals surface area contributed by atoms with Gasteiger partial charge in [0, 0.05) is 52.2 Å². The molecule has 0 fully saturated rings. The Labute approximate surface area is 158 Å². The molecule has 2 N–H and O–H groups in total. The van der Waals surface area contributed by atoms with E-state index < -0.39 is 0 Å². The van der Waals surface area contributed by atoms with E-state index in [-0.39, 0.29) is 0 Å². The van der Waals surface area contributed by atoms with Gasteiger partial charge in [0.05, 0.1) is 18.4 Å². The number of hydrogen-bond acceptors (Lipinski definition) is 3. The van der Waals surface area contributed by atoms with Gasteiger partial charge < -0.3 is 10.3 Å². The highest BCUT2D eigenvalue weighted by Gasteiger charge is 2.17. The monoisotopic (exact) mass is 357 g/mol. The van der Waals surface area contributed by atoms with Crippen molar-refractivity contribution in [2.24, 2.45) is 0 Å². The zero-order chi connectivity index (χ0) is 18.5. The summed E-state index contributed by atoms with van der Waals surface area (Å²) in [6.07, 6.45) is 2.00. The summed E-state index contributed by atoms with van der Waals surface area (Å²) in [5, 5.41) is 9.27. The van der Waals surface area contributed by atoms with Crippen molar-refractivity contribution in [2.75, 3.05) is 6.54 Å². The van der Waals surface area contributed by atoms with Gasteiger partial charge in [0.15, 0.2) is 0 Å². The fourth-order valence-electron chi connectivity index (χ4n) is 4.20. The first kappa shape index (κ1) is 16.3. The van der Waals surface area contributed by atoms with E-state index in [4.69, 9.17) is 0 Å². The molecule has 1 aliphatic rings. The van der Waals surface area contributed by atoms with Crippen LogP contribution in [0, 0.1) is 20.8 Å². The number of rotatable bonds is 2. The first-order valence-electron chi connectivity index (χ1n) is 9.44. The van der Waals surface area contributed by atoms with Crippen molar-refractivity contribution in [3.8, 4) is 22.4 Å². The molecule has 136 valence electrons. The van der Waals surface area contributed by atoms with Crippen LogP contribution in [0.15, 0.2) is 36.5 Å². The highest BCUT2D eigenvalue weighted by atomic mass is 15.3. The van der Waals surface area contributed by atoms with Crippen LogP contribution < -0.4 is 5.32 Å². The number of nitrogens with zero attached hydrogens (tertiary/aromatic N) is 3. The molecule has 4 heterocycles. The number of pyridine rings is 1. The van der Waals surface area contributed by atoms with Crippen molar-refractivity contribution in [3.05, 3.63) is 59.2 Å². The molecular weight excluding hydrogens is 334 g/mol. The molecule has 0 radical (unpaired) electrons. The molecule has 27 heavy (non-hydrogen) atoms. The molecule has 0 aliphatic carbocycles. The van der Waals surface area contributed by atoms with Crippen molar-refractivity contribution >= 4 is 10.9 Å². The van der Waals surface area contributed by atoms with E-state index in [1.807, 2.05) is 20.0 Å². The molecule has 0 saturated carbocycles. The van der Waals surface area contributed by atoms with Crippen molar-refractivity contribution in [3.63, 3.8) is 0 Å². The van der Waals surface area contributed by atoms with Crippen molar-refractivity contribution in [1.29, 1.82) is 0 Å². The Bertz CT molecular complexity index is 1140. The average Bonchev–Trinajstić information content (AvgIpc) is 3.22. The molecule has 5 nitrogen and oxygen atoms in total. The van der Waals surface area contributed by atoms with Gasteiger partial charge in [-0.15, -0.1) is 0 Å². The third-order valence-corrected chi connectivity index (χ3v) is 5.48. The Morgan fingerprint density at radius 2 is 1.81 bits per heavy atom. The third-order valence-electron chi connectivity index (χ3n) is 5.48. The number of fused-ring (bicyclic) bond motifs is 2. The van der Waals surface area contributed by atoms with Crippen molar-refractivity contribution in [1.82, 2.24) is 25.1 Å². The van der Waals surface area contributed by atoms with Crippen LogP contribution in [0.5, 0.6) is 0 Å². The molecule has 5 heteroatoms. The fourth-order valence-corrected chi connectivity index (χ4v) is 4.20. The summed E-state index contributed by atoms with van der Waals surface area (Å²) >= 11 is 0. The lowest BCUT2D eigenvalue weighted by molar-refractivity contribution is 0.476. The highest BCUT2D eigenvalue weighted by Crippen LogP contribution is 2.34. The minimum absolute atomic E-state index is 0.873. The summed E-state index contributed by atoms with van der Waals surface area (Å²) in [5.41, 5.74) is 10.6. The SMILES string of the molecule is Cc1cc(-c2[nH]c3cc(-c4cnn5c4CNCC5)ccc3c2C)cc(C)n1. The largest absolute Gasteiger partial charge is 0.354 e. The number of nitrogens with one attached hydrogen (secondary N) is 2. The van der Waals surface area contributed by atoms with E-state index in [1.54, 1.807) is 0 Å². The van der Waals surface area contributed by atoms with Gasteiger partial charge in [0.25, 0.3) is 0 Å². The maximum Gasteiger partial charge on any atom is 0.0601 e. The first-order chi connectivity index (χ1) is 13.1. The van der Waals surface area contributed by atoms with Gasteiger partial charge in [-0.25, -0.2) is 0 Å². The van der Waals surface area contributed by atoms with E-state index in [2.05, 4.69) is 62.3 Å². The Morgan fingerprint density at radius 3 is 2.63 bits per heavy atom. The number of H-pyrrole nitrogens is 1. The number of hydrogen-bond donors (Lipinski definition) is 2. The van der Waals surface area contributed by atoms with Crippen LogP contribution in [0.1, 0.15) is 22.6 Å². The third kappa shape index (κ3) is 2.66. The van der Waals surface area contributed by atoms with Gasteiger partial charge in [0.2, 0.25) is 0 Å². The molecule has 3 aromatic heterocycles. The lowest BCUT2D eigenvalue weighted by Gasteiger charge is -2.16. The number of aryl methyl sites for hydroxylation is 3. The predicted octanol–water partition coefficient (Wildman–Crippen LogP) is 4.12. The smallest absolute Gasteiger partial charge is 0.0601 e. The van der Waals surface area contributed by atoms with Crippen LogP contribution >= 0.6 is 0 Å². The number of benzene rings is 1. The topological polar surface area (TPSA) is 58.5 Å². The van der Waals surface area contributed by atoms with Gasteiger partial charge in [-0.3, -0.25) is 9.67 Å². The molecule has 0 saturated heterocycles. The minimum atomic E-state index is 0.873. The molecule has 0 spiro atoms. The van der Waals surface area contributed by atoms with Crippen molar-refractivity contribution in [2.45, 2.75) is 33.9 Å². The van der Waals surface area contributed by atoms with Gasteiger partial charge >= 0.3 is 0 Å². The zero-order valence-electron chi connectivity index (χ0n) is 15.9. The lowest BCUT2D eigenvalue weighted by Crippen LogP contribution is -2.28. The average molecular weight is 357 g/mol. The van der Waals surface area contributed by atoms with E-state index in [9.17, 15) is 0 Å². The van der Waals surface area contributed by atoms with Crippen LogP contribution in [0.3, 0.4) is 0 Å². The molecule has 1 aromatic carbocycles. The maximum absolute atomic E-state index is 4.56. The van der Waals surface area contributed by atoms with Gasteiger partial charge in [0.1, 0.15) is 0 Å². The Hall–Kier alpha value is -2.92. The van der Waals surface area contributed by atoms with Crippen LogP contribution in [0.4, 0.5) is 0 Å². The molecule has 1 aliphatic heterocycles. The fraction of sp³-hybridized carbons (Fsp3) is 0.273. The second-order valence-electron chi connectivity index (χ2n) is 7.43. The molecular formula is C22H23N5. The molecule has 0 amide bonds. The quantitative estimate of drug-likeness (QED) is 0.567. The standard InChI is InChI=1S/C22H23N5/c1-13-8-17(9-14(2)25-13)22-15(3)18-5-4-16(10-20(18)26-22)19-11-24-27-7-6-23-12-21(19)27/h4-5,8-11,23,26H,6-7,12H2,1-3H3. The van der Waals surface area contributed by atoms with Gasteiger partial charge in [-0.1, -0.05) is 12.1 Å². The zero-order valence-corrected chi connectivity index (χ0v) is 15.9. The highest BCUT2D eigenvalue weighted by molar-refractivity contribution is 5.93. The van der Waals surface area contributed by atoms with E-state index in [0.717, 1.165) is 36.5 Å².